The molecular formula is C17H20ClN. The summed E-state index contributed by atoms with van der Waals surface area (Å²) in [6.45, 7) is 5.23. The van der Waals surface area contributed by atoms with Gasteiger partial charge in [-0.05, 0) is 43.1 Å². The van der Waals surface area contributed by atoms with Gasteiger partial charge in [0.15, 0.2) is 0 Å². The molecule has 2 aromatic carbocycles. The number of aryl methyl sites for hydroxylation is 1. The van der Waals surface area contributed by atoms with E-state index in [1.165, 1.54) is 16.7 Å². The summed E-state index contributed by atoms with van der Waals surface area (Å²) in [4.78, 5) is 0. The average molecular weight is 274 g/mol. The van der Waals surface area contributed by atoms with E-state index in [0.717, 1.165) is 18.0 Å². The Morgan fingerprint density at radius 1 is 1.11 bits per heavy atom. The van der Waals surface area contributed by atoms with Crippen molar-refractivity contribution in [1.82, 2.24) is 5.32 Å². The van der Waals surface area contributed by atoms with E-state index in [9.17, 15) is 0 Å². The van der Waals surface area contributed by atoms with E-state index in [0.29, 0.717) is 6.04 Å². The number of halogens is 1. The molecule has 0 amide bonds. The first-order valence-corrected chi connectivity index (χ1v) is 7.11. The Labute approximate surface area is 120 Å². The molecule has 1 N–H and O–H groups in total. The van der Waals surface area contributed by atoms with E-state index < -0.39 is 0 Å². The van der Waals surface area contributed by atoms with Gasteiger partial charge in [-0.15, -0.1) is 0 Å². The van der Waals surface area contributed by atoms with Gasteiger partial charge in [0.2, 0.25) is 0 Å². The lowest BCUT2D eigenvalue weighted by Crippen LogP contribution is -2.23. The molecule has 0 aliphatic heterocycles. The molecule has 1 nitrogen and oxygen atoms in total. The zero-order valence-corrected chi connectivity index (χ0v) is 12.2. The molecule has 0 bridgehead atoms. The summed E-state index contributed by atoms with van der Waals surface area (Å²) < 4.78 is 0. The van der Waals surface area contributed by atoms with Gasteiger partial charge in [-0.1, -0.05) is 60.5 Å². The van der Waals surface area contributed by atoms with E-state index in [1.807, 2.05) is 18.2 Å². The van der Waals surface area contributed by atoms with Crippen LogP contribution in [0.5, 0.6) is 0 Å². The molecule has 0 radical (unpaired) electrons. The molecule has 2 heteroatoms. The number of nitrogens with one attached hydrogen (secondary N) is 1. The van der Waals surface area contributed by atoms with Crippen molar-refractivity contribution in [2.45, 2.75) is 26.3 Å². The number of rotatable bonds is 5. The standard InChI is InChI=1S/C17H20ClN/c1-3-19-17(15-8-4-6-13(2)10-15)12-14-7-5-9-16(18)11-14/h4-11,17,19H,3,12H2,1-2H3. The van der Waals surface area contributed by atoms with Crippen LogP contribution in [0.2, 0.25) is 5.02 Å². The van der Waals surface area contributed by atoms with Crippen LogP contribution >= 0.6 is 11.6 Å². The molecule has 1 unspecified atom stereocenters. The van der Waals surface area contributed by atoms with Gasteiger partial charge in [0, 0.05) is 11.1 Å². The molecule has 0 spiro atoms. The molecule has 100 valence electrons. The fourth-order valence-corrected chi connectivity index (χ4v) is 2.55. The minimum Gasteiger partial charge on any atom is -0.310 e. The molecule has 0 fully saturated rings. The summed E-state index contributed by atoms with van der Waals surface area (Å²) in [5.74, 6) is 0. The van der Waals surface area contributed by atoms with Crippen molar-refractivity contribution in [3.63, 3.8) is 0 Å². The first kappa shape index (κ1) is 14.1. The van der Waals surface area contributed by atoms with Crippen molar-refractivity contribution >= 4 is 11.6 Å². The van der Waals surface area contributed by atoms with E-state index in [2.05, 4.69) is 49.5 Å². The molecule has 0 aliphatic carbocycles. The topological polar surface area (TPSA) is 12.0 Å². The molecule has 1 atom stereocenters. The molecular weight excluding hydrogens is 254 g/mol. The summed E-state index contributed by atoms with van der Waals surface area (Å²) in [5, 5.41) is 4.35. The second-order valence-corrected chi connectivity index (χ2v) is 5.29. The maximum atomic E-state index is 6.06. The maximum absolute atomic E-state index is 6.06. The fraction of sp³-hybridized carbons (Fsp3) is 0.294. The molecule has 0 saturated heterocycles. The van der Waals surface area contributed by atoms with Gasteiger partial charge >= 0.3 is 0 Å². The number of likely N-dealkylation sites (N-methyl/N-ethyl adjacent to an activating group) is 1. The summed E-state index contributed by atoms with van der Waals surface area (Å²) in [6, 6.07) is 17.1. The molecule has 0 saturated carbocycles. The SMILES string of the molecule is CCNC(Cc1cccc(Cl)c1)c1cccc(C)c1. The van der Waals surface area contributed by atoms with Crippen LogP contribution in [0.4, 0.5) is 0 Å². The predicted molar refractivity (Wildman–Crippen MR) is 82.8 cm³/mol. The minimum absolute atomic E-state index is 0.336. The average Bonchev–Trinajstić information content (AvgIpc) is 2.38. The lowest BCUT2D eigenvalue weighted by molar-refractivity contribution is 0.549. The van der Waals surface area contributed by atoms with Gasteiger partial charge < -0.3 is 5.32 Å². The Morgan fingerprint density at radius 2 is 1.89 bits per heavy atom. The molecule has 19 heavy (non-hydrogen) atoms. The first-order valence-electron chi connectivity index (χ1n) is 6.73. The molecule has 0 aliphatic rings. The van der Waals surface area contributed by atoms with Crippen molar-refractivity contribution in [2.75, 3.05) is 6.54 Å². The van der Waals surface area contributed by atoms with Crippen LogP contribution in [-0.4, -0.2) is 6.54 Å². The highest BCUT2D eigenvalue weighted by Crippen LogP contribution is 2.21. The smallest absolute Gasteiger partial charge is 0.0408 e. The fourth-order valence-electron chi connectivity index (χ4n) is 2.34. The number of benzene rings is 2. The third-order valence-corrected chi connectivity index (χ3v) is 3.46. The number of hydrogen-bond donors (Lipinski definition) is 1. The second-order valence-electron chi connectivity index (χ2n) is 4.86. The third kappa shape index (κ3) is 4.09. The van der Waals surface area contributed by atoms with E-state index >= 15 is 0 Å². The van der Waals surface area contributed by atoms with Gasteiger partial charge in [-0.25, -0.2) is 0 Å². The largest absolute Gasteiger partial charge is 0.310 e. The zero-order valence-electron chi connectivity index (χ0n) is 11.5. The Balaban J connectivity index is 2.21. The zero-order chi connectivity index (χ0) is 13.7. The quantitative estimate of drug-likeness (QED) is 0.843. The second kappa shape index (κ2) is 6.74. The Hall–Kier alpha value is -1.31. The van der Waals surface area contributed by atoms with Crippen molar-refractivity contribution in [2.24, 2.45) is 0 Å². The molecule has 2 rings (SSSR count). The van der Waals surface area contributed by atoms with Crippen LogP contribution in [0.15, 0.2) is 48.5 Å². The Kier molecular flexibility index (Phi) is 5.00. The summed E-state index contributed by atoms with van der Waals surface area (Å²) >= 11 is 6.06. The molecule has 0 aromatic heterocycles. The van der Waals surface area contributed by atoms with Gasteiger partial charge in [0.05, 0.1) is 0 Å². The van der Waals surface area contributed by atoms with Crippen LogP contribution in [0.1, 0.15) is 29.7 Å². The maximum Gasteiger partial charge on any atom is 0.0408 e. The third-order valence-electron chi connectivity index (χ3n) is 3.22. The van der Waals surface area contributed by atoms with Gasteiger partial charge in [-0.2, -0.15) is 0 Å². The van der Waals surface area contributed by atoms with Crippen LogP contribution < -0.4 is 5.32 Å². The van der Waals surface area contributed by atoms with E-state index in [-0.39, 0.29) is 0 Å². The van der Waals surface area contributed by atoms with Crippen LogP contribution in [-0.2, 0) is 6.42 Å². The monoisotopic (exact) mass is 273 g/mol. The lowest BCUT2D eigenvalue weighted by Gasteiger charge is -2.19. The highest BCUT2D eigenvalue weighted by molar-refractivity contribution is 6.30. The lowest BCUT2D eigenvalue weighted by atomic mass is 9.97. The highest BCUT2D eigenvalue weighted by atomic mass is 35.5. The van der Waals surface area contributed by atoms with Crippen LogP contribution in [0.25, 0.3) is 0 Å². The van der Waals surface area contributed by atoms with Gasteiger partial charge in [-0.3, -0.25) is 0 Å². The summed E-state index contributed by atoms with van der Waals surface area (Å²) in [5.41, 5.74) is 3.90. The van der Waals surface area contributed by atoms with Crippen molar-refractivity contribution < 1.29 is 0 Å². The Bertz CT molecular complexity index is 536. The predicted octanol–water partition coefficient (Wildman–Crippen LogP) is 4.54. The normalized spacial score (nSPS) is 12.4. The van der Waals surface area contributed by atoms with E-state index in [1.54, 1.807) is 0 Å². The Morgan fingerprint density at radius 3 is 2.58 bits per heavy atom. The molecule has 0 heterocycles. The van der Waals surface area contributed by atoms with Crippen molar-refractivity contribution in [3.8, 4) is 0 Å². The van der Waals surface area contributed by atoms with Gasteiger partial charge in [0.25, 0.3) is 0 Å². The van der Waals surface area contributed by atoms with Crippen molar-refractivity contribution in [3.05, 3.63) is 70.2 Å². The summed E-state index contributed by atoms with van der Waals surface area (Å²) in [7, 11) is 0. The first-order chi connectivity index (χ1) is 9.19. The van der Waals surface area contributed by atoms with Crippen LogP contribution in [0.3, 0.4) is 0 Å². The number of hydrogen-bond acceptors (Lipinski definition) is 1. The van der Waals surface area contributed by atoms with Gasteiger partial charge in [0.1, 0.15) is 0 Å². The molecule has 2 aromatic rings. The summed E-state index contributed by atoms with van der Waals surface area (Å²) in [6.07, 6.45) is 0.956. The highest BCUT2D eigenvalue weighted by Gasteiger charge is 2.11. The van der Waals surface area contributed by atoms with Crippen molar-refractivity contribution in [1.29, 1.82) is 0 Å². The van der Waals surface area contributed by atoms with Crippen LogP contribution in [0, 0.1) is 6.92 Å². The van der Waals surface area contributed by atoms with E-state index in [4.69, 9.17) is 11.6 Å². The minimum atomic E-state index is 0.336.